The molecule has 5 nitrogen and oxygen atoms in total. The van der Waals surface area contributed by atoms with Crippen molar-refractivity contribution in [3.8, 4) is 11.4 Å². The van der Waals surface area contributed by atoms with Gasteiger partial charge in [-0.1, -0.05) is 0 Å². The molecule has 5 heteroatoms. The average molecular weight is 231 g/mol. The number of aliphatic carboxylic acids is 1. The van der Waals surface area contributed by atoms with Crippen LogP contribution in [0.5, 0.6) is 0 Å². The average Bonchev–Trinajstić information content (AvgIpc) is 2.58. The fraction of sp³-hybridized carbons (Fsp3) is 0.250. The summed E-state index contributed by atoms with van der Waals surface area (Å²) in [6, 6.07) is 3.73. The quantitative estimate of drug-likeness (QED) is 0.867. The molecular weight excluding hydrogens is 218 g/mol. The van der Waals surface area contributed by atoms with Crippen molar-refractivity contribution >= 4 is 5.97 Å². The van der Waals surface area contributed by atoms with E-state index >= 15 is 0 Å². The second-order valence-corrected chi connectivity index (χ2v) is 3.84. The van der Waals surface area contributed by atoms with Crippen LogP contribution < -0.4 is 0 Å². The van der Waals surface area contributed by atoms with Crippen LogP contribution in [-0.4, -0.2) is 25.6 Å². The number of carboxylic acids is 1. The lowest BCUT2D eigenvalue weighted by atomic mass is 10.2. The largest absolute Gasteiger partial charge is 0.481 e. The number of hydrogen-bond donors (Lipinski definition) is 1. The van der Waals surface area contributed by atoms with E-state index in [4.69, 9.17) is 5.11 Å². The van der Waals surface area contributed by atoms with Gasteiger partial charge in [0.1, 0.15) is 5.82 Å². The van der Waals surface area contributed by atoms with Gasteiger partial charge in [-0.05, 0) is 19.1 Å². The molecule has 0 aliphatic carbocycles. The lowest BCUT2D eigenvalue weighted by Crippen LogP contribution is -2.07. The molecule has 0 aromatic carbocycles. The molecule has 88 valence electrons. The van der Waals surface area contributed by atoms with Gasteiger partial charge in [0.2, 0.25) is 0 Å². The van der Waals surface area contributed by atoms with Gasteiger partial charge in [0, 0.05) is 25.0 Å². The molecule has 0 spiro atoms. The minimum atomic E-state index is -0.853. The third kappa shape index (κ3) is 2.18. The summed E-state index contributed by atoms with van der Waals surface area (Å²) in [5.74, 6) is -0.110. The molecule has 0 atom stereocenters. The zero-order valence-electron chi connectivity index (χ0n) is 9.71. The molecule has 0 unspecified atom stereocenters. The maximum Gasteiger partial charge on any atom is 0.309 e. The Bertz CT molecular complexity index is 546. The van der Waals surface area contributed by atoms with Crippen LogP contribution in [0.25, 0.3) is 11.4 Å². The highest BCUT2D eigenvalue weighted by molar-refractivity contribution is 5.70. The second-order valence-electron chi connectivity index (χ2n) is 3.84. The van der Waals surface area contributed by atoms with Gasteiger partial charge in [-0.2, -0.15) is 0 Å². The molecular formula is C12H13N3O2. The molecule has 2 rings (SSSR count). The van der Waals surface area contributed by atoms with E-state index in [0.29, 0.717) is 0 Å². The van der Waals surface area contributed by atoms with Crippen molar-refractivity contribution in [2.45, 2.75) is 13.3 Å². The standard InChI is InChI=1S/C12H13N3O2/c1-8-10(6-11(16)17)15(2)12(14-8)9-4-3-5-13-7-9/h3-5,7H,6H2,1-2H3,(H,16,17). The lowest BCUT2D eigenvalue weighted by molar-refractivity contribution is -0.136. The Balaban J connectivity index is 2.48. The van der Waals surface area contributed by atoms with Gasteiger partial charge in [-0.25, -0.2) is 4.98 Å². The zero-order valence-corrected chi connectivity index (χ0v) is 9.71. The molecule has 1 N–H and O–H groups in total. The first-order valence-electron chi connectivity index (χ1n) is 5.24. The Morgan fingerprint density at radius 3 is 2.88 bits per heavy atom. The fourth-order valence-electron chi connectivity index (χ4n) is 1.81. The van der Waals surface area contributed by atoms with E-state index in [9.17, 15) is 4.79 Å². The summed E-state index contributed by atoms with van der Waals surface area (Å²) in [5, 5.41) is 8.84. The van der Waals surface area contributed by atoms with Crippen molar-refractivity contribution in [3.63, 3.8) is 0 Å². The van der Waals surface area contributed by atoms with E-state index in [1.165, 1.54) is 0 Å². The van der Waals surface area contributed by atoms with Crippen molar-refractivity contribution in [1.29, 1.82) is 0 Å². The minimum Gasteiger partial charge on any atom is -0.481 e. The van der Waals surface area contributed by atoms with Crippen molar-refractivity contribution < 1.29 is 9.90 Å². The predicted molar refractivity (Wildman–Crippen MR) is 62.5 cm³/mol. The predicted octanol–water partition coefficient (Wildman–Crippen LogP) is 1.42. The SMILES string of the molecule is Cc1nc(-c2cccnc2)n(C)c1CC(=O)O. The van der Waals surface area contributed by atoms with Crippen LogP contribution in [0.2, 0.25) is 0 Å². The third-order valence-corrected chi connectivity index (χ3v) is 2.65. The van der Waals surface area contributed by atoms with E-state index in [-0.39, 0.29) is 6.42 Å². The van der Waals surface area contributed by atoms with Gasteiger partial charge in [0.25, 0.3) is 0 Å². The molecule has 2 heterocycles. The summed E-state index contributed by atoms with van der Waals surface area (Å²) >= 11 is 0. The lowest BCUT2D eigenvalue weighted by Gasteiger charge is -2.04. The van der Waals surface area contributed by atoms with Gasteiger partial charge in [0.05, 0.1) is 17.8 Å². The number of imidazole rings is 1. The molecule has 17 heavy (non-hydrogen) atoms. The molecule has 2 aromatic rings. The number of carboxylic acid groups (broad SMARTS) is 1. The van der Waals surface area contributed by atoms with Crippen LogP contribution in [0.4, 0.5) is 0 Å². The van der Waals surface area contributed by atoms with Gasteiger partial charge in [-0.15, -0.1) is 0 Å². The Morgan fingerprint density at radius 2 is 2.29 bits per heavy atom. The van der Waals surface area contributed by atoms with E-state index in [0.717, 1.165) is 22.8 Å². The van der Waals surface area contributed by atoms with E-state index in [2.05, 4.69) is 9.97 Å². The summed E-state index contributed by atoms with van der Waals surface area (Å²) < 4.78 is 1.81. The second kappa shape index (κ2) is 4.37. The Hall–Kier alpha value is -2.17. The van der Waals surface area contributed by atoms with Crippen LogP contribution in [0.3, 0.4) is 0 Å². The smallest absolute Gasteiger partial charge is 0.309 e. The first-order valence-corrected chi connectivity index (χ1v) is 5.24. The summed E-state index contributed by atoms with van der Waals surface area (Å²) in [4.78, 5) is 19.2. The van der Waals surface area contributed by atoms with Crippen molar-refractivity contribution in [2.75, 3.05) is 0 Å². The van der Waals surface area contributed by atoms with Crippen molar-refractivity contribution in [3.05, 3.63) is 35.9 Å². The topological polar surface area (TPSA) is 68.0 Å². The molecule has 0 aliphatic rings. The number of rotatable bonds is 3. The first-order chi connectivity index (χ1) is 8.09. The van der Waals surface area contributed by atoms with Gasteiger partial charge in [-0.3, -0.25) is 9.78 Å². The maximum absolute atomic E-state index is 10.8. The van der Waals surface area contributed by atoms with Crippen LogP contribution in [0.15, 0.2) is 24.5 Å². The van der Waals surface area contributed by atoms with Gasteiger partial charge < -0.3 is 9.67 Å². The Morgan fingerprint density at radius 1 is 1.53 bits per heavy atom. The molecule has 2 aromatic heterocycles. The zero-order chi connectivity index (χ0) is 12.4. The molecule has 0 radical (unpaired) electrons. The van der Waals surface area contributed by atoms with E-state index in [1.807, 2.05) is 26.1 Å². The Labute approximate surface area is 98.8 Å². The summed E-state index contributed by atoms with van der Waals surface area (Å²) in [5.41, 5.74) is 2.35. The van der Waals surface area contributed by atoms with Crippen molar-refractivity contribution in [1.82, 2.24) is 14.5 Å². The number of aromatic nitrogens is 3. The molecule has 0 saturated carbocycles. The Kier molecular flexibility index (Phi) is 2.91. The van der Waals surface area contributed by atoms with Crippen LogP contribution in [-0.2, 0) is 18.3 Å². The number of carbonyl (C=O) groups is 1. The first kappa shape index (κ1) is 11.3. The number of aryl methyl sites for hydroxylation is 1. The van der Waals surface area contributed by atoms with Crippen LogP contribution >= 0.6 is 0 Å². The molecule has 0 fully saturated rings. The van der Waals surface area contributed by atoms with Crippen LogP contribution in [0, 0.1) is 6.92 Å². The molecule has 0 saturated heterocycles. The third-order valence-electron chi connectivity index (χ3n) is 2.65. The normalized spacial score (nSPS) is 10.5. The number of nitrogens with zero attached hydrogens (tertiary/aromatic N) is 3. The summed E-state index contributed by atoms with van der Waals surface area (Å²) in [7, 11) is 1.82. The summed E-state index contributed by atoms with van der Waals surface area (Å²) in [6.45, 7) is 1.82. The highest BCUT2D eigenvalue weighted by Crippen LogP contribution is 2.20. The van der Waals surface area contributed by atoms with Crippen molar-refractivity contribution in [2.24, 2.45) is 7.05 Å². The highest BCUT2D eigenvalue weighted by atomic mass is 16.4. The minimum absolute atomic E-state index is 0.0183. The van der Waals surface area contributed by atoms with Gasteiger partial charge >= 0.3 is 5.97 Å². The van der Waals surface area contributed by atoms with Gasteiger partial charge in [0.15, 0.2) is 0 Å². The molecule has 0 bridgehead atoms. The maximum atomic E-state index is 10.8. The molecule has 0 amide bonds. The number of pyridine rings is 1. The molecule has 0 aliphatic heterocycles. The van der Waals surface area contributed by atoms with Crippen LogP contribution in [0.1, 0.15) is 11.4 Å². The number of hydrogen-bond acceptors (Lipinski definition) is 3. The fourth-order valence-corrected chi connectivity index (χ4v) is 1.81. The van der Waals surface area contributed by atoms with E-state index < -0.39 is 5.97 Å². The highest BCUT2D eigenvalue weighted by Gasteiger charge is 2.15. The monoisotopic (exact) mass is 231 g/mol. The summed E-state index contributed by atoms with van der Waals surface area (Å²) in [6.07, 6.45) is 3.39. The van der Waals surface area contributed by atoms with E-state index in [1.54, 1.807) is 17.0 Å².